The summed E-state index contributed by atoms with van der Waals surface area (Å²) in [5.41, 5.74) is 1.49. The maximum Gasteiger partial charge on any atom is 0.254 e. The lowest BCUT2D eigenvalue weighted by atomic mass is 10.1. The minimum absolute atomic E-state index is 0.160. The molecule has 0 saturated heterocycles. The molecule has 0 bridgehead atoms. The van der Waals surface area contributed by atoms with E-state index in [1.54, 1.807) is 6.07 Å². The quantitative estimate of drug-likeness (QED) is 0.943. The van der Waals surface area contributed by atoms with Crippen molar-refractivity contribution in [2.75, 3.05) is 19.8 Å². The Morgan fingerprint density at radius 1 is 1.29 bits per heavy atom. The summed E-state index contributed by atoms with van der Waals surface area (Å²) in [5.74, 6) is 1.09. The molecule has 1 amide bonds. The molecule has 0 spiro atoms. The molecule has 1 N–H and O–H groups in total. The van der Waals surface area contributed by atoms with Crippen LogP contribution in [0.2, 0.25) is 5.02 Å². The number of hydrogen-bond acceptors (Lipinski definition) is 4. The number of rotatable bonds is 4. The van der Waals surface area contributed by atoms with E-state index in [0.29, 0.717) is 48.3 Å². The van der Waals surface area contributed by atoms with Crippen molar-refractivity contribution in [1.82, 2.24) is 5.32 Å². The van der Waals surface area contributed by atoms with E-state index in [0.717, 1.165) is 5.56 Å². The van der Waals surface area contributed by atoms with Crippen LogP contribution in [0.25, 0.3) is 0 Å². The Morgan fingerprint density at radius 2 is 2.14 bits per heavy atom. The molecule has 2 heterocycles. The van der Waals surface area contributed by atoms with E-state index in [1.807, 2.05) is 12.1 Å². The van der Waals surface area contributed by atoms with Crippen LogP contribution in [0.15, 0.2) is 35.1 Å². The van der Waals surface area contributed by atoms with Gasteiger partial charge in [-0.25, -0.2) is 0 Å². The van der Waals surface area contributed by atoms with Gasteiger partial charge in [0.05, 0.1) is 16.8 Å². The van der Waals surface area contributed by atoms with Crippen molar-refractivity contribution >= 4 is 17.5 Å². The van der Waals surface area contributed by atoms with Crippen LogP contribution in [-0.4, -0.2) is 25.7 Å². The SMILES string of the molecule is O=C(NCCc1cc(Cl)c2c(c1)OCCO2)c1ccoc1. The highest BCUT2D eigenvalue weighted by molar-refractivity contribution is 6.32. The zero-order valence-corrected chi connectivity index (χ0v) is 12.0. The molecule has 21 heavy (non-hydrogen) atoms. The van der Waals surface area contributed by atoms with Crippen LogP contribution in [-0.2, 0) is 6.42 Å². The monoisotopic (exact) mass is 307 g/mol. The molecule has 1 aliphatic rings. The summed E-state index contributed by atoms with van der Waals surface area (Å²) in [7, 11) is 0. The van der Waals surface area contributed by atoms with E-state index in [4.69, 9.17) is 25.5 Å². The van der Waals surface area contributed by atoms with E-state index in [9.17, 15) is 4.79 Å². The summed E-state index contributed by atoms with van der Waals surface area (Å²) in [4.78, 5) is 11.8. The van der Waals surface area contributed by atoms with Gasteiger partial charge in [-0.3, -0.25) is 4.79 Å². The van der Waals surface area contributed by atoms with Crippen molar-refractivity contribution in [3.63, 3.8) is 0 Å². The molecule has 1 aliphatic heterocycles. The van der Waals surface area contributed by atoms with Gasteiger partial charge in [-0.2, -0.15) is 0 Å². The van der Waals surface area contributed by atoms with E-state index >= 15 is 0 Å². The van der Waals surface area contributed by atoms with Crippen LogP contribution in [0, 0.1) is 0 Å². The van der Waals surface area contributed by atoms with E-state index in [-0.39, 0.29) is 5.91 Å². The Morgan fingerprint density at radius 3 is 2.95 bits per heavy atom. The number of carbonyl (C=O) groups excluding carboxylic acids is 1. The highest BCUT2D eigenvalue weighted by Crippen LogP contribution is 2.38. The van der Waals surface area contributed by atoms with Gasteiger partial charge in [0.25, 0.3) is 5.91 Å². The highest BCUT2D eigenvalue weighted by atomic mass is 35.5. The number of hydrogen-bond donors (Lipinski definition) is 1. The first kappa shape index (κ1) is 13.8. The molecule has 110 valence electrons. The summed E-state index contributed by atoms with van der Waals surface area (Å²) in [6, 6.07) is 5.35. The lowest BCUT2D eigenvalue weighted by molar-refractivity contribution is 0.0953. The Labute approximate surface area is 126 Å². The normalized spacial score (nSPS) is 13.0. The fraction of sp³-hybridized carbons (Fsp3) is 0.267. The molecular weight excluding hydrogens is 294 g/mol. The van der Waals surface area contributed by atoms with Crippen LogP contribution in [0.5, 0.6) is 11.5 Å². The molecule has 2 aromatic rings. The predicted molar refractivity (Wildman–Crippen MR) is 77.2 cm³/mol. The number of benzene rings is 1. The molecule has 1 aromatic carbocycles. The summed E-state index contributed by atoms with van der Waals surface area (Å²) in [5, 5.41) is 3.35. The van der Waals surface area contributed by atoms with Gasteiger partial charge >= 0.3 is 0 Å². The second kappa shape index (κ2) is 6.10. The first-order valence-corrected chi connectivity index (χ1v) is 7.00. The molecule has 0 saturated carbocycles. The van der Waals surface area contributed by atoms with E-state index < -0.39 is 0 Å². The van der Waals surface area contributed by atoms with E-state index in [2.05, 4.69) is 5.32 Å². The van der Waals surface area contributed by atoms with Gasteiger partial charge in [0.1, 0.15) is 19.5 Å². The summed E-state index contributed by atoms with van der Waals surface area (Å²) in [6.07, 6.45) is 3.53. The standard InChI is InChI=1S/C15H14ClNO4/c16-12-7-10(8-13-14(12)21-6-5-20-13)1-3-17-15(18)11-2-4-19-9-11/h2,4,7-9H,1,3,5-6H2,(H,17,18). The molecule has 0 unspecified atom stereocenters. The fourth-order valence-corrected chi connectivity index (χ4v) is 2.41. The van der Waals surface area contributed by atoms with Gasteiger partial charge in [0.15, 0.2) is 11.5 Å². The smallest absolute Gasteiger partial charge is 0.254 e. The zero-order chi connectivity index (χ0) is 14.7. The Kier molecular flexibility index (Phi) is 4.01. The predicted octanol–water partition coefficient (Wildman–Crippen LogP) is 2.68. The lowest BCUT2D eigenvalue weighted by Crippen LogP contribution is -2.25. The van der Waals surface area contributed by atoms with Gasteiger partial charge in [-0.05, 0) is 30.2 Å². The zero-order valence-electron chi connectivity index (χ0n) is 11.2. The average Bonchev–Trinajstić information content (AvgIpc) is 3.01. The average molecular weight is 308 g/mol. The van der Waals surface area contributed by atoms with Gasteiger partial charge < -0.3 is 19.2 Å². The summed E-state index contributed by atoms with van der Waals surface area (Å²) >= 11 is 6.17. The molecule has 6 heteroatoms. The number of furan rings is 1. The summed E-state index contributed by atoms with van der Waals surface area (Å²) < 4.78 is 15.9. The van der Waals surface area contributed by atoms with Gasteiger partial charge in [0.2, 0.25) is 0 Å². The first-order valence-electron chi connectivity index (χ1n) is 6.62. The third-order valence-electron chi connectivity index (χ3n) is 3.14. The maximum atomic E-state index is 11.8. The minimum Gasteiger partial charge on any atom is -0.486 e. The van der Waals surface area contributed by atoms with Crippen LogP contribution in [0.4, 0.5) is 0 Å². The fourth-order valence-electron chi connectivity index (χ4n) is 2.12. The molecule has 0 fully saturated rings. The third-order valence-corrected chi connectivity index (χ3v) is 3.42. The number of carbonyl (C=O) groups is 1. The molecule has 0 atom stereocenters. The highest BCUT2D eigenvalue weighted by Gasteiger charge is 2.16. The number of halogens is 1. The van der Waals surface area contributed by atoms with Gasteiger partial charge in [0, 0.05) is 6.54 Å². The van der Waals surface area contributed by atoms with Crippen molar-refractivity contribution in [2.24, 2.45) is 0 Å². The van der Waals surface area contributed by atoms with Crippen molar-refractivity contribution < 1.29 is 18.7 Å². The van der Waals surface area contributed by atoms with Crippen molar-refractivity contribution in [3.05, 3.63) is 46.9 Å². The second-order valence-electron chi connectivity index (χ2n) is 4.62. The molecule has 0 radical (unpaired) electrons. The summed E-state index contributed by atoms with van der Waals surface area (Å²) in [6.45, 7) is 1.52. The van der Waals surface area contributed by atoms with Crippen molar-refractivity contribution in [2.45, 2.75) is 6.42 Å². The number of nitrogens with one attached hydrogen (secondary N) is 1. The molecular formula is C15H14ClNO4. The number of ether oxygens (including phenoxy) is 2. The van der Waals surface area contributed by atoms with Crippen LogP contribution >= 0.6 is 11.6 Å². The van der Waals surface area contributed by atoms with Gasteiger partial charge in [-0.1, -0.05) is 11.6 Å². The Bertz CT molecular complexity index is 639. The minimum atomic E-state index is -0.160. The Hall–Kier alpha value is -2.14. The molecule has 1 aromatic heterocycles. The Balaban J connectivity index is 1.61. The van der Waals surface area contributed by atoms with Crippen molar-refractivity contribution in [1.29, 1.82) is 0 Å². The number of fused-ring (bicyclic) bond motifs is 1. The van der Waals surface area contributed by atoms with Gasteiger partial charge in [-0.15, -0.1) is 0 Å². The van der Waals surface area contributed by atoms with E-state index in [1.165, 1.54) is 12.5 Å². The lowest BCUT2D eigenvalue weighted by Gasteiger charge is -2.20. The number of amides is 1. The maximum absolute atomic E-state index is 11.8. The largest absolute Gasteiger partial charge is 0.486 e. The second-order valence-corrected chi connectivity index (χ2v) is 5.03. The van der Waals surface area contributed by atoms with Crippen LogP contribution in [0.3, 0.4) is 0 Å². The third kappa shape index (κ3) is 3.13. The first-order chi connectivity index (χ1) is 10.2. The molecule has 5 nitrogen and oxygen atoms in total. The van der Waals surface area contributed by atoms with Crippen molar-refractivity contribution in [3.8, 4) is 11.5 Å². The molecule has 3 rings (SSSR count). The topological polar surface area (TPSA) is 60.7 Å². The van der Waals surface area contributed by atoms with Crippen LogP contribution < -0.4 is 14.8 Å². The molecule has 0 aliphatic carbocycles. The van der Waals surface area contributed by atoms with Crippen LogP contribution in [0.1, 0.15) is 15.9 Å².